The first kappa shape index (κ1) is 19.1. The molecule has 1 heterocycles. The monoisotopic (exact) mass is 390 g/mol. The molecule has 1 aromatic heterocycles. The maximum Gasteiger partial charge on any atom is 0.308 e. The van der Waals surface area contributed by atoms with E-state index in [4.69, 9.17) is 4.74 Å². The number of Topliss-reactive ketones (excluding diaryl/α,β-unsaturated/α-hetero) is 1. The summed E-state index contributed by atoms with van der Waals surface area (Å²) in [4.78, 5) is 41.5. The number of carbonyl (C=O) groups is 2. The molecule has 0 fully saturated rings. The normalized spacial score (nSPS) is 13.8. The predicted octanol–water partition coefficient (Wildman–Crippen LogP) is 3.09. The van der Waals surface area contributed by atoms with Gasteiger partial charge in [-0.1, -0.05) is 24.3 Å². The van der Waals surface area contributed by atoms with Crippen molar-refractivity contribution >= 4 is 22.7 Å². The fourth-order valence-electron chi connectivity index (χ4n) is 3.75. The number of nitrogens with zero attached hydrogens (tertiary/aromatic N) is 2. The highest BCUT2D eigenvalue weighted by atomic mass is 16.5. The molecule has 1 unspecified atom stereocenters. The first-order valence-electron chi connectivity index (χ1n) is 9.82. The van der Waals surface area contributed by atoms with Crippen LogP contribution in [0.3, 0.4) is 0 Å². The van der Waals surface area contributed by atoms with Crippen LogP contribution in [0.25, 0.3) is 10.9 Å². The van der Waals surface area contributed by atoms with Gasteiger partial charge >= 0.3 is 5.97 Å². The molecular weight excluding hydrogens is 368 g/mol. The van der Waals surface area contributed by atoms with Crippen LogP contribution in [0.4, 0.5) is 0 Å². The molecule has 4 rings (SSSR count). The van der Waals surface area contributed by atoms with Crippen molar-refractivity contribution in [1.29, 1.82) is 0 Å². The third-order valence-corrected chi connectivity index (χ3v) is 5.35. The molecule has 29 heavy (non-hydrogen) atoms. The SMILES string of the molecule is CC(OC(=O)CCn1cnc2ccccc2c1=O)C(=O)c1ccc2c(c1)CCC2. The Balaban J connectivity index is 1.37. The molecule has 0 radical (unpaired) electrons. The number of benzene rings is 2. The van der Waals surface area contributed by atoms with Gasteiger partial charge in [-0.2, -0.15) is 0 Å². The van der Waals surface area contributed by atoms with Gasteiger partial charge in [0.25, 0.3) is 5.56 Å². The summed E-state index contributed by atoms with van der Waals surface area (Å²) in [5, 5.41) is 0.503. The topological polar surface area (TPSA) is 78.3 Å². The van der Waals surface area contributed by atoms with Crippen LogP contribution in [0.1, 0.15) is 41.3 Å². The fraction of sp³-hybridized carbons (Fsp3) is 0.304. The molecule has 148 valence electrons. The molecular formula is C23H22N2O4. The summed E-state index contributed by atoms with van der Waals surface area (Å²) in [6.45, 7) is 1.73. The average molecular weight is 390 g/mol. The minimum atomic E-state index is -0.867. The second-order valence-electron chi connectivity index (χ2n) is 7.34. The van der Waals surface area contributed by atoms with Crippen molar-refractivity contribution in [3.8, 4) is 0 Å². The van der Waals surface area contributed by atoms with Gasteiger partial charge < -0.3 is 4.74 Å². The number of fused-ring (bicyclic) bond motifs is 2. The highest BCUT2D eigenvalue weighted by Gasteiger charge is 2.21. The lowest BCUT2D eigenvalue weighted by Gasteiger charge is -2.13. The van der Waals surface area contributed by atoms with Crippen molar-refractivity contribution in [1.82, 2.24) is 9.55 Å². The van der Waals surface area contributed by atoms with E-state index in [1.165, 1.54) is 22.0 Å². The smallest absolute Gasteiger partial charge is 0.308 e. The van der Waals surface area contributed by atoms with E-state index >= 15 is 0 Å². The predicted molar refractivity (Wildman–Crippen MR) is 109 cm³/mol. The lowest BCUT2D eigenvalue weighted by molar-refractivity contribution is -0.146. The molecule has 0 amide bonds. The summed E-state index contributed by atoms with van der Waals surface area (Å²) in [7, 11) is 0. The highest BCUT2D eigenvalue weighted by molar-refractivity contribution is 6.00. The summed E-state index contributed by atoms with van der Waals surface area (Å²) >= 11 is 0. The standard InChI is InChI=1S/C23H22N2O4/c1-15(22(27)18-10-9-16-5-4-6-17(16)13-18)29-21(26)11-12-25-14-24-20-8-3-2-7-19(20)23(25)28/h2-3,7-10,13-15H,4-6,11-12H2,1H3. The molecule has 0 saturated heterocycles. The van der Waals surface area contributed by atoms with Crippen LogP contribution in [0.5, 0.6) is 0 Å². The van der Waals surface area contributed by atoms with Crippen LogP contribution < -0.4 is 5.56 Å². The van der Waals surface area contributed by atoms with Crippen molar-refractivity contribution in [3.05, 3.63) is 75.8 Å². The Kier molecular flexibility index (Phi) is 5.25. The maximum atomic E-state index is 12.6. The Morgan fingerprint density at radius 2 is 1.93 bits per heavy atom. The zero-order valence-electron chi connectivity index (χ0n) is 16.3. The van der Waals surface area contributed by atoms with Gasteiger partial charge in [-0.15, -0.1) is 0 Å². The third kappa shape index (κ3) is 3.97. The van der Waals surface area contributed by atoms with Crippen LogP contribution in [-0.2, 0) is 28.9 Å². The Morgan fingerprint density at radius 3 is 2.79 bits per heavy atom. The molecule has 1 aliphatic carbocycles. The van der Waals surface area contributed by atoms with E-state index in [2.05, 4.69) is 4.98 Å². The lowest BCUT2D eigenvalue weighted by Crippen LogP contribution is -2.27. The number of esters is 1. The molecule has 0 saturated carbocycles. The Morgan fingerprint density at radius 1 is 1.14 bits per heavy atom. The van der Waals surface area contributed by atoms with Crippen LogP contribution in [0, 0.1) is 0 Å². The summed E-state index contributed by atoms with van der Waals surface area (Å²) in [6, 6.07) is 12.8. The Labute approximate surface area is 168 Å². The van der Waals surface area contributed by atoms with E-state index in [1.807, 2.05) is 18.2 Å². The van der Waals surface area contributed by atoms with Gasteiger partial charge in [0.15, 0.2) is 6.10 Å². The number of ketones is 1. The van der Waals surface area contributed by atoms with E-state index in [-0.39, 0.29) is 24.3 Å². The zero-order chi connectivity index (χ0) is 20.4. The third-order valence-electron chi connectivity index (χ3n) is 5.35. The first-order chi connectivity index (χ1) is 14.0. The van der Waals surface area contributed by atoms with Crippen molar-refractivity contribution in [2.75, 3.05) is 0 Å². The Bertz CT molecular complexity index is 1150. The average Bonchev–Trinajstić information content (AvgIpc) is 3.20. The van der Waals surface area contributed by atoms with E-state index < -0.39 is 12.1 Å². The van der Waals surface area contributed by atoms with Crippen molar-refractivity contribution in [2.45, 2.75) is 45.3 Å². The summed E-state index contributed by atoms with van der Waals surface area (Å²) < 4.78 is 6.70. The van der Waals surface area contributed by atoms with Gasteiger partial charge in [-0.3, -0.25) is 19.0 Å². The summed E-state index contributed by atoms with van der Waals surface area (Å²) in [5.74, 6) is -0.732. The number of ether oxygens (including phenoxy) is 1. The lowest BCUT2D eigenvalue weighted by atomic mass is 10.0. The second-order valence-corrected chi connectivity index (χ2v) is 7.34. The molecule has 0 aliphatic heterocycles. The largest absolute Gasteiger partial charge is 0.454 e. The molecule has 6 nitrogen and oxygen atoms in total. The number of hydrogen-bond donors (Lipinski definition) is 0. The van der Waals surface area contributed by atoms with Gasteiger partial charge in [0, 0.05) is 12.1 Å². The van der Waals surface area contributed by atoms with Gasteiger partial charge in [0.2, 0.25) is 5.78 Å². The van der Waals surface area contributed by atoms with Crippen LogP contribution in [0.2, 0.25) is 0 Å². The number of carbonyl (C=O) groups excluding carboxylic acids is 2. The molecule has 6 heteroatoms. The van der Waals surface area contributed by atoms with Crippen LogP contribution in [0.15, 0.2) is 53.6 Å². The number of hydrogen-bond acceptors (Lipinski definition) is 5. The quantitative estimate of drug-likeness (QED) is 0.477. The van der Waals surface area contributed by atoms with Gasteiger partial charge in [-0.25, -0.2) is 4.98 Å². The number of rotatable bonds is 6. The van der Waals surface area contributed by atoms with E-state index in [0.717, 1.165) is 19.3 Å². The molecule has 0 spiro atoms. The van der Waals surface area contributed by atoms with Crippen molar-refractivity contribution in [3.63, 3.8) is 0 Å². The Hall–Kier alpha value is -3.28. The van der Waals surface area contributed by atoms with Crippen molar-refractivity contribution < 1.29 is 14.3 Å². The zero-order valence-corrected chi connectivity index (χ0v) is 16.3. The van der Waals surface area contributed by atoms with Crippen LogP contribution >= 0.6 is 0 Å². The van der Waals surface area contributed by atoms with E-state index in [0.29, 0.717) is 16.5 Å². The second kappa shape index (κ2) is 7.99. The van der Waals surface area contributed by atoms with Crippen LogP contribution in [-0.4, -0.2) is 27.4 Å². The van der Waals surface area contributed by atoms with E-state index in [1.54, 1.807) is 31.2 Å². The molecule has 3 aromatic rings. The highest BCUT2D eigenvalue weighted by Crippen LogP contribution is 2.23. The minimum Gasteiger partial charge on any atom is -0.454 e. The molecule has 0 N–H and O–H groups in total. The summed E-state index contributed by atoms with van der Waals surface area (Å²) in [5.41, 5.74) is 3.48. The minimum absolute atomic E-state index is 0.0122. The fourth-order valence-corrected chi connectivity index (χ4v) is 3.75. The van der Waals surface area contributed by atoms with Gasteiger partial charge in [0.05, 0.1) is 23.7 Å². The van der Waals surface area contributed by atoms with E-state index in [9.17, 15) is 14.4 Å². The number of para-hydroxylation sites is 1. The molecule has 2 aromatic carbocycles. The van der Waals surface area contributed by atoms with Crippen molar-refractivity contribution in [2.24, 2.45) is 0 Å². The summed E-state index contributed by atoms with van der Waals surface area (Å²) in [6.07, 6.45) is 3.70. The van der Waals surface area contributed by atoms with Gasteiger partial charge in [0.1, 0.15) is 0 Å². The maximum absolute atomic E-state index is 12.6. The molecule has 0 bridgehead atoms. The molecule has 1 atom stereocenters. The number of aromatic nitrogens is 2. The van der Waals surface area contributed by atoms with Gasteiger partial charge in [-0.05, 0) is 55.5 Å². The first-order valence-corrected chi connectivity index (χ1v) is 9.82. The molecule has 1 aliphatic rings. The number of aryl methyl sites for hydroxylation is 3.